The van der Waals surface area contributed by atoms with Gasteiger partial charge in [-0.05, 0) is 31.0 Å². The average Bonchev–Trinajstić information content (AvgIpc) is 2.85. The first-order chi connectivity index (χ1) is 16.6. The van der Waals surface area contributed by atoms with E-state index in [2.05, 4.69) is 17.4 Å². The van der Waals surface area contributed by atoms with Gasteiger partial charge in [-0.15, -0.1) is 0 Å². The van der Waals surface area contributed by atoms with Crippen LogP contribution < -0.4 is 5.32 Å². The Labute approximate surface area is 202 Å². The smallest absolute Gasteiger partial charge is 0.475 e. The van der Waals surface area contributed by atoms with Gasteiger partial charge >= 0.3 is 12.1 Å². The molecular formula is C25H30F3N3O4. The molecule has 2 aromatic carbocycles. The van der Waals surface area contributed by atoms with Crippen LogP contribution in [0.15, 0.2) is 54.6 Å². The highest BCUT2D eigenvalue weighted by Crippen LogP contribution is 2.13. The van der Waals surface area contributed by atoms with Crippen molar-refractivity contribution >= 4 is 17.8 Å². The van der Waals surface area contributed by atoms with Crippen LogP contribution in [0.2, 0.25) is 0 Å². The number of nitrogens with one attached hydrogen (secondary N) is 1. The number of piperazine rings is 1. The van der Waals surface area contributed by atoms with E-state index in [0.717, 1.165) is 38.2 Å². The summed E-state index contributed by atoms with van der Waals surface area (Å²) < 4.78 is 31.7. The van der Waals surface area contributed by atoms with Gasteiger partial charge < -0.3 is 20.2 Å². The summed E-state index contributed by atoms with van der Waals surface area (Å²) in [5.41, 5.74) is 2.99. The largest absolute Gasteiger partial charge is 0.490 e. The molecule has 0 unspecified atom stereocenters. The molecule has 3 rings (SSSR count). The van der Waals surface area contributed by atoms with Crippen LogP contribution in [0.1, 0.15) is 27.9 Å². The van der Waals surface area contributed by atoms with Crippen LogP contribution >= 0.6 is 0 Å². The Morgan fingerprint density at radius 3 is 2.09 bits per heavy atom. The number of hydrogen-bond acceptors (Lipinski definition) is 4. The first kappa shape index (κ1) is 27.8. The second-order valence-corrected chi connectivity index (χ2v) is 8.08. The number of hydrogen-bond donors (Lipinski definition) is 2. The summed E-state index contributed by atoms with van der Waals surface area (Å²) in [5, 5.41) is 10.4. The van der Waals surface area contributed by atoms with Crippen molar-refractivity contribution in [2.45, 2.75) is 25.9 Å². The van der Waals surface area contributed by atoms with Crippen LogP contribution in [-0.2, 0) is 16.0 Å². The summed E-state index contributed by atoms with van der Waals surface area (Å²) >= 11 is 0. The fourth-order valence-electron chi connectivity index (χ4n) is 3.41. The van der Waals surface area contributed by atoms with Crippen molar-refractivity contribution in [1.29, 1.82) is 0 Å². The SMILES string of the molecule is Cc1ccc(C(=O)N(CCC(=O)N2CCNCC2)CCc2ccccc2)cc1.O=C(O)C(F)(F)F. The molecule has 1 aliphatic heterocycles. The molecule has 7 nitrogen and oxygen atoms in total. The molecule has 1 aliphatic rings. The fourth-order valence-corrected chi connectivity index (χ4v) is 3.41. The van der Waals surface area contributed by atoms with Crippen LogP contribution in [0.5, 0.6) is 0 Å². The Balaban J connectivity index is 0.000000540. The second kappa shape index (κ2) is 13.5. The predicted octanol–water partition coefficient (Wildman–Crippen LogP) is 3.14. The first-order valence-corrected chi connectivity index (χ1v) is 11.3. The Morgan fingerprint density at radius 2 is 1.54 bits per heavy atom. The highest BCUT2D eigenvalue weighted by Gasteiger charge is 2.38. The van der Waals surface area contributed by atoms with Gasteiger partial charge in [0.2, 0.25) is 5.91 Å². The summed E-state index contributed by atoms with van der Waals surface area (Å²) in [4.78, 5) is 38.2. The number of aliphatic carboxylic acids is 1. The summed E-state index contributed by atoms with van der Waals surface area (Å²) in [6.07, 6.45) is -3.94. The molecule has 1 saturated heterocycles. The highest BCUT2D eigenvalue weighted by atomic mass is 19.4. The molecule has 0 atom stereocenters. The molecule has 0 aliphatic carbocycles. The summed E-state index contributed by atoms with van der Waals surface area (Å²) in [5.74, 6) is -2.64. The van der Waals surface area contributed by atoms with E-state index < -0.39 is 12.1 Å². The Bertz CT molecular complexity index is 960. The van der Waals surface area contributed by atoms with Crippen LogP contribution in [0.3, 0.4) is 0 Å². The number of rotatable bonds is 7. The fraction of sp³-hybridized carbons (Fsp3) is 0.400. The van der Waals surface area contributed by atoms with Gasteiger partial charge in [-0.3, -0.25) is 9.59 Å². The minimum absolute atomic E-state index is 0.0101. The normalized spacial score (nSPS) is 13.4. The van der Waals surface area contributed by atoms with Crippen LogP contribution in [0, 0.1) is 6.92 Å². The standard InChI is InChI=1S/C23H29N3O2.C2HF3O2/c1-19-7-9-21(10-8-19)23(28)26(15-11-20-5-3-2-4-6-20)16-12-22(27)25-17-13-24-14-18-25;3-2(4,5)1(6)7/h2-10,24H,11-18H2,1H3;(H,6,7). The number of nitrogens with zero attached hydrogens (tertiary/aromatic N) is 2. The lowest BCUT2D eigenvalue weighted by Crippen LogP contribution is -2.47. The van der Waals surface area contributed by atoms with Gasteiger partial charge in [0.05, 0.1) is 0 Å². The van der Waals surface area contributed by atoms with Crippen molar-refractivity contribution in [2.24, 2.45) is 0 Å². The molecule has 10 heteroatoms. The molecule has 1 fully saturated rings. The quantitative estimate of drug-likeness (QED) is 0.619. The van der Waals surface area contributed by atoms with E-state index >= 15 is 0 Å². The van der Waals surface area contributed by atoms with E-state index in [1.165, 1.54) is 5.56 Å². The summed E-state index contributed by atoms with van der Waals surface area (Å²) in [6.45, 7) is 6.22. The minimum atomic E-state index is -5.08. The molecule has 2 N–H and O–H groups in total. The molecule has 1 heterocycles. The molecule has 35 heavy (non-hydrogen) atoms. The molecule has 2 aromatic rings. The van der Waals surface area contributed by atoms with Crippen LogP contribution in [-0.4, -0.2) is 78.1 Å². The Kier molecular flexibility index (Phi) is 10.7. The zero-order valence-electron chi connectivity index (χ0n) is 19.6. The van der Waals surface area contributed by atoms with Crippen LogP contribution in [0.4, 0.5) is 13.2 Å². The number of halogens is 3. The number of carbonyl (C=O) groups excluding carboxylic acids is 2. The number of benzene rings is 2. The molecule has 0 radical (unpaired) electrons. The number of carboxylic acid groups (broad SMARTS) is 1. The average molecular weight is 494 g/mol. The van der Waals surface area contributed by atoms with Crippen molar-refractivity contribution < 1.29 is 32.7 Å². The van der Waals surface area contributed by atoms with E-state index in [4.69, 9.17) is 9.90 Å². The van der Waals surface area contributed by atoms with E-state index in [0.29, 0.717) is 25.1 Å². The van der Waals surface area contributed by atoms with Crippen molar-refractivity contribution in [3.63, 3.8) is 0 Å². The Hall–Kier alpha value is -3.40. The van der Waals surface area contributed by atoms with Gasteiger partial charge in [-0.2, -0.15) is 13.2 Å². The topological polar surface area (TPSA) is 90.0 Å². The van der Waals surface area contributed by atoms with Gasteiger partial charge in [-0.25, -0.2) is 4.79 Å². The van der Waals surface area contributed by atoms with Gasteiger partial charge in [0, 0.05) is 51.3 Å². The second-order valence-electron chi connectivity index (χ2n) is 8.08. The van der Waals surface area contributed by atoms with Gasteiger partial charge in [0.25, 0.3) is 5.91 Å². The third kappa shape index (κ3) is 9.78. The highest BCUT2D eigenvalue weighted by molar-refractivity contribution is 5.94. The molecule has 190 valence electrons. The third-order valence-electron chi connectivity index (χ3n) is 5.41. The number of carboxylic acids is 1. The molecular weight excluding hydrogens is 463 g/mol. The summed E-state index contributed by atoms with van der Waals surface area (Å²) in [7, 11) is 0. The lowest BCUT2D eigenvalue weighted by Gasteiger charge is -2.29. The molecule has 0 spiro atoms. The maximum absolute atomic E-state index is 13.1. The number of aryl methyl sites for hydroxylation is 1. The lowest BCUT2D eigenvalue weighted by molar-refractivity contribution is -0.192. The van der Waals surface area contributed by atoms with Crippen molar-refractivity contribution in [1.82, 2.24) is 15.1 Å². The number of alkyl halides is 3. The first-order valence-electron chi connectivity index (χ1n) is 11.3. The van der Waals surface area contributed by atoms with E-state index in [1.54, 1.807) is 0 Å². The van der Waals surface area contributed by atoms with Crippen molar-refractivity contribution in [2.75, 3.05) is 39.3 Å². The van der Waals surface area contributed by atoms with Gasteiger partial charge in [-0.1, -0.05) is 48.0 Å². The zero-order chi connectivity index (χ0) is 25.8. The summed E-state index contributed by atoms with van der Waals surface area (Å²) in [6, 6.07) is 17.8. The molecule has 0 aromatic heterocycles. The minimum Gasteiger partial charge on any atom is -0.475 e. The number of amides is 2. The predicted molar refractivity (Wildman–Crippen MR) is 125 cm³/mol. The van der Waals surface area contributed by atoms with Crippen molar-refractivity contribution in [3.8, 4) is 0 Å². The lowest BCUT2D eigenvalue weighted by atomic mass is 10.1. The van der Waals surface area contributed by atoms with Gasteiger partial charge in [0.15, 0.2) is 0 Å². The zero-order valence-corrected chi connectivity index (χ0v) is 19.6. The van der Waals surface area contributed by atoms with Crippen molar-refractivity contribution in [3.05, 3.63) is 71.3 Å². The molecule has 0 saturated carbocycles. The maximum atomic E-state index is 13.1. The molecule has 0 bridgehead atoms. The Morgan fingerprint density at radius 1 is 0.971 bits per heavy atom. The van der Waals surface area contributed by atoms with E-state index in [9.17, 15) is 22.8 Å². The van der Waals surface area contributed by atoms with Crippen LogP contribution in [0.25, 0.3) is 0 Å². The monoisotopic (exact) mass is 493 g/mol. The van der Waals surface area contributed by atoms with E-state index in [-0.39, 0.29) is 11.8 Å². The number of carbonyl (C=O) groups is 3. The maximum Gasteiger partial charge on any atom is 0.490 e. The molecule has 2 amide bonds. The third-order valence-corrected chi connectivity index (χ3v) is 5.41. The van der Waals surface area contributed by atoms with E-state index in [1.807, 2.05) is 59.2 Å². The van der Waals surface area contributed by atoms with Gasteiger partial charge in [0.1, 0.15) is 0 Å².